The Kier molecular flexibility index (Phi) is 5.01. The van der Waals surface area contributed by atoms with Crippen molar-refractivity contribution in [3.05, 3.63) is 77.1 Å². The molecule has 0 radical (unpaired) electrons. The summed E-state index contributed by atoms with van der Waals surface area (Å²) in [6.07, 6.45) is 2.71. The highest BCUT2D eigenvalue weighted by atomic mass is 19.1. The lowest BCUT2D eigenvalue weighted by molar-refractivity contribution is 0.627. The van der Waals surface area contributed by atoms with Gasteiger partial charge in [0, 0.05) is 42.7 Å². The molecular weight excluding hydrogens is 303 g/mol. The predicted molar refractivity (Wildman–Crippen MR) is 92.6 cm³/mol. The molecule has 0 saturated carbocycles. The molecule has 0 atom stereocenters. The molecule has 2 heterocycles. The summed E-state index contributed by atoms with van der Waals surface area (Å²) < 4.78 is 15.0. The molecule has 5 heteroatoms. The van der Waals surface area contributed by atoms with Crippen LogP contribution in [0.5, 0.6) is 0 Å². The smallest absolute Gasteiger partial charge is 0.123 e. The number of aromatic nitrogens is 3. The van der Waals surface area contributed by atoms with Crippen molar-refractivity contribution in [2.24, 2.45) is 0 Å². The van der Waals surface area contributed by atoms with E-state index in [2.05, 4.69) is 15.4 Å². The Balaban J connectivity index is 1.65. The molecule has 3 rings (SSSR count). The van der Waals surface area contributed by atoms with E-state index in [1.165, 1.54) is 17.7 Å². The van der Waals surface area contributed by atoms with E-state index in [1.54, 1.807) is 12.1 Å². The Morgan fingerprint density at radius 1 is 1.08 bits per heavy atom. The molecule has 3 aromatic rings. The van der Waals surface area contributed by atoms with Crippen LogP contribution in [0.1, 0.15) is 22.6 Å². The lowest BCUT2D eigenvalue weighted by Crippen LogP contribution is -2.18. The fraction of sp³-hybridized carbons (Fsp3) is 0.263. The number of hydrogen-bond acceptors (Lipinski definition) is 3. The standard InChI is InChI=1S/C19H21FN4/c1-14-19(13-21-12-10-17-5-3-4-11-22-17)15(2)24(23-14)18-8-6-16(20)7-9-18/h3-9,11,21H,10,12-13H2,1-2H3. The number of rotatable bonds is 6. The Morgan fingerprint density at radius 3 is 2.58 bits per heavy atom. The first-order chi connectivity index (χ1) is 11.6. The molecule has 4 nitrogen and oxygen atoms in total. The van der Waals surface area contributed by atoms with Crippen LogP contribution >= 0.6 is 0 Å². The van der Waals surface area contributed by atoms with E-state index in [0.717, 1.165) is 42.3 Å². The molecular formula is C19H21FN4. The van der Waals surface area contributed by atoms with E-state index in [9.17, 15) is 4.39 Å². The van der Waals surface area contributed by atoms with Crippen LogP contribution in [0, 0.1) is 19.7 Å². The van der Waals surface area contributed by atoms with Crippen LogP contribution < -0.4 is 5.32 Å². The van der Waals surface area contributed by atoms with Crippen molar-refractivity contribution in [1.82, 2.24) is 20.1 Å². The summed E-state index contributed by atoms with van der Waals surface area (Å²) in [7, 11) is 0. The van der Waals surface area contributed by atoms with E-state index >= 15 is 0 Å². The Bertz CT molecular complexity index is 794. The van der Waals surface area contributed by atoms with Crippen molar-refractivity contribution in [3.63, 3.8) is 0 Å². The molecule has 0 fully saturated rings. The lowest BCUT2D eigenvalue weighted by Gasteiger charge is -2.07. The summed E-state index contributed by atoms with van der Waals surface area (Å²) in [5.74, 6) is -0.239. The van der Waals surface area contributed by atoms with Gasteiger partial charge in [0.1, 0.15) is 5.82 Å². The molecule has 0 aliphatic rings. The first-order valence-corrected chi connectivity index (χ1v) is 8.07. The van der Waals surface area contributed by atoms with E-state index in [1.807, 2.05) is 42.9 Å². The number of nitrogens with zero attached hydrogens (tertiary/aromatic N) is 3. The highest BCUT2D eigenvalue weighted by Crippen LogP contribution is 2.18. The van der Waals surface area contributed by atoms with Gasteiger partial charge in [0.25, 0.3) is 0 Å². The maximum absolute atomic E-state index is 13.1. The molecule has 0 amide bonds. The molecule has 0 bridgehead atoms. The minimum Gasteiger partial charge on any atom is -0.312 e. The molecule has 2 aromatic heterocycles. The van der Waals surface area contributed by atoms with Gasteiger partial charge in [0.15, 0.2) is 0 Å². The molecule has 0 aliphatic heterocycles. The van der Waals surface area contributed by atoms with Crippen LogP contribution in [0.3, 0.4) is 0 Å². The van der Waals surface area contributed by atoms with Gasteiger partial charge in [-0.2, -0.15) is 5.10 Å². The first-order valence-electron chi connectivity index (χ1n) is 8.07. The second-order valence-electron chi connectivity index (χ2n) is 5.79. The third-order valence-corrected chi connectivity index (χ3v) is 4.10. The van der Waals surface area contributed by atoms with Gasteiger partial charge >= 0.3 is 0 Å². The topological polar surface area (TPSA) is 42.7 Å². The summed E-state index contributed by atoms with van der Waals surface area (Å²) in [4.78, 5) is 4.32. The summed E-state index contributed by atoms with van der Waals surface area (Å²) >= 11 is 0. The van der Waals surface area contributed by atoms with Crippen molar-refractivity contribution >= 4 is 0 Å². The molecule has 1 N–H and O–H groups in total. The number of aryl methyl sites for hydroxylation is 1. The Hall–Kier alpha value is -2.53. The fourth-order valence-electron chi connectivity index (χ4n) is 2.74. The minimum atomic E-state index is -0.239. The third kappa shape index (κ3) is 3.68. The highest BCUT2D eigenvalue weighted by Gasteiger charge is 2.12. The second-order valence-corrected chi connectivity index (χ2v) is 5.79. The summed E-state index contributed by atoms with van der Waals surface area (Å²) in [5, 5.41) is 8.04. The van der Waals surface area contributed by atoms with E-state index in [-0.39, 0.29) is 5.82 Å². The minimum absolute atomic E-state index is 0.239. The van der Waals surface area contributed by atoms with Gasteiger partial charge < -0.3 is 5.32 Å². The Morgan fingerprint density at radius 2 is 1.88 bits per heavy atom. The van der Waals surface area contributed by atoms with Gasteiger partial charge in [-0.15, -0.1) is 0 Å². The molecule has 24 heavy (non-hydrogen) atoms. The SMILES string of the molecule is Cc1nn(-c2ccc(F)cc2)c(C)c1CNCCc1ccccn1. The molecule has 0 unspecified atom stereocenters. The molecule has 124 valence electrons. The number of pyridine rings is 1. The average molecular weight is 324 g/mol. The highest BCUT2D eigenvalue weighted by molar-refractivity contribution is 5.37. The summed E-state index contributed by atoms with van der Waals surface area (Å²) in [6.45, 7) is 5.66. The van der Waals surface area contributed by atoms with E-state index < -0.39 is 0 Å². The first kappa shape index (κ1) is 16.3. The van der Waals surface area contributed by atoms with Gasteiger partial charge in [-0.3, -0.25) is 4.98 Å². The molecule has 0 saturated heterocycles. The van der Waals surface area contributed by atoms with Crippen LogP contribution in [-0.2, 0) is 13.0 Å². The number of nitrogens with one attached hydrogen (secondary N) is 1. The maximum atomic E-state index is 13.1. The summed E-state index contributed by atoms with van der Waals surface area (Å²) in [5.41, 5.74) is 5.20. The van der Waals surface area contributed by atoms with E-state index in [0.29, 0.717) is 0 Å². The van der Waals surface area contributed by atoms with Crippen molar-refractivity contribution in [2.45, 2.75) is 26.8 Å². The largest absolute Gasteiger partial charge is 0.312 e. The normalized spacial score (nSPS) is 11.0. The lowest BCUT2D eigenvalue weighted by atomic mass is 10.2. The van der Waals surface area contributed by atoms with Crippen molar-refractivity contribution in [2.75, 3.05) is 6.54 Å². The van der Waals surface area contributed by atoms with Gasteiger partial charge in [-0.05, 0) is 50.2 Å². The van der Waals surface area contributed by atoms with Crippen LogP contribution in [0.4, 0.5) is 4.39 Å². The van der Waals surface area contributed by atoms with Gasteiger partial charge in [-0.25, -0.2) is 9.07 Å². The Labute approximate surface area is 141 Å². The molecule has 0 spiro atoms. The van der Waals surface area contributed by atoms with Crippen LogP contribution in [-0.4, -0.2) is 21.3 Å². The van der Waals surface area contributed by atoms with Gasteiger partial charge in [0.05, 0.1) is 11.4 Å². The summed E-state index contributed by atoms with van der Waals surface area (Å²) in [6, 6.07) is 12.4. The van der Waals surface area contributed by atoms with E-state index in [4.69, 9.17) is 0 Å². The molecule has 0 aliphatic carbocycles. The fourth-order valence-corrected chi connectivity index (χ4v) is 2.74. The zero-order chi connectivity index (χ0) is 16.9. The zero-order valence-electron chi connectivity index (χ0n) is 14.0. The quantitative estimate of drug-likeness (QED) is 0.707. The van der Waals surface area contributed by atoms with Gasteiger partial charge in [0.2, 0.25) is 0 Å². The maximum Gasteiger partial charge on any atom is 0.123 e. The number of benzene rings is 1. The third-order valence-electron chi connectivity index (χ3n) is 4.10. The predicted octanol–water partition coefficient (Wildman–Crippen LogP) is 3.36. The number of hydrogen-bond donors (Lipinski definition) is 1. The average Bonchev–Trinajstić information content (AvgIpc) is 2.88. The number of halogens is 1. The zero-order valence-corrected chi connectivity index (χ0v) is 14.0. The van der Waals surface area contributed by atoms with Crippen LogP contribution in [0.25, 0.3) is 5.69 Å². The molecule has 1 aromatic carbocycles. The van der Waals surface area contributed by atoms with Gasteiger partial charge in [-0.1, -0.05) is 6.07 Å². The second kappa shape index (κ2) is 7.36. The van der Waals surface area contributed by atoms with Crippen molar-refractivity contribution in [1.29, 1.82) is 0 Å². The van der Waals surface area contributed by atoms with Crippen LogP contribution in [0.15, 0.2) is 48.7 Å². The van der Waals surface area contributed by atoms with Crippen molar-refractivity contribution < 1.29 is 4.39 Å². The monoisotopic (exact) mass is 324 g/mol. The van der Waals surface area contributed by atoms with Crippen LogP contribution in [0.2, 0.25) is 0 Å². The van der Waals surface area contributed by atoms with Crippen molar-refractivity contribution in [3.8, 4) is 5.69 Å².